The highest BCUT2D eigenvalue weighted by atomic mass is 16.5. The Morgan fingerprint density at radius 1 is 0.857 bits per heavy atom. The van der Waals surface area contributed by atoms with Gasteiger partial charge in [0.15, 0.2) is 0 Å². The van der Waals surface area contributed by atoms with Crippen molar-refractivity contribution in [3.8, 4) is 0 Å². The first kappa shape index (κ1) is 25.8. The predicted octanol–water partition coefficient (Wildman–Crippen LogP) is 3.06. The monoisotopic (exact) mass is 402 g/mol. The quantitative estimate of drug-likeness (QED) is 0.682. The molecule has 2 N–H and O–H groups in total. The van der Waals surface area contributed by atoms with Crippen molar-refractivity contribution in [2.24, 2.45) is 5.92 Å². The predicted molar refractivity (Wildman–Crippen MR) is 114 cm³/mol. The van der Waals surface area contributed by atoms with Crippen LogP contribution in [0.5, 0.6) is 0 Å². The highest BCUT2D eigenvalue weighted by Crippen LogP contribution is 2.31. The van der Waals surface area contributed by atoms with E-state index in [1.54, 1.807) is 0 Å². The summed E-state index contributed by atoms with van der Waals surface area (Å²) in [6, 6.07) is 0. The van der Waals surface area contributed by atoms with Crippen molar-refractivity contribution < 1.29 is 19.7 Å². The van der Waals surface area contributed by atoms with Crippen molar-refractivity contribution in [3.63, 3.8) is 0 Å². The van der Waals surface area contributed by atoms with Crippen LogP contribution in [0.15, 0.2) is 0 Å². The van der Waals surface area contributed by atoms with Gasteiger partial charge in [-0.1, -0.05) is 27.2 Å². The fraction of sp³-hybridized carbons (Fsp3) is 1.00. The van der Waals surface area contributed by atoms with E-state index in [2.05, 4.69) is 58.3 Å². The lowest BCUT2D eigenvalue weighted by Crippen LogP contribution is -2.48. The average Bonchev–Trinajstić information content (AvgIpc) is 2.98. The average molecular weight is 403 g/mol. The first-order valence-corrected chi connectivity index (χ1v) is 10.9. The van der Waals surface area contributed by atoms with Crippen LogP contribution in [0.2, 0.25) is 0 Å². The SMILES string of the molecule is CC(O)CN1C(C(C)C)OCC1(C)C.CCCC1OCC(C)(C)N1CC(C)O. The number of β-amino-alcohol motifs (C(OH)–C–C–N with tert-alkyl or cyclic N) is 2. The van der Waals surface area contributed by atoms with Gasteiger partial charge in [0.25, 0.3) is 0 Å². The van der Waals surface area contributed by atoms with Crippen molar-refractivity contribution in [1.29, 1.82) is 0 Å². The molecule has 4 unspecified atom stereocenters. The lowest BCUT2D eigenvalue weighted by Gasteiger charge is -2.35. The van der Waals surface area contributed by atoms with Crippen molar-refractivity contribution in [2.45, 2.75) is 111 Å². The van der Waals surface area contributed by atoms with E-state index in [9.17, 15) is 10.2 Å². The van der Waals surface area contributed by atoms with E-state index in [0.717, 1.165) is 26.1 Å². The van der Waals surface area contributed by atoms with E-state index < -0.39 is 0 Å². The van der Waals surface area contributed by atoms with Crippen LogP contribution in [0.25, 0.3) is 0 Å². The summed E-state index contributed by atoms with van der Waals surface area (Å²) in [7, 11) is 0. The Kier molecular flexibility index (Phi) is 9.85. The van der Waals surface area contributed by atoms with Gasteiger partial charge in [-0.3, -0.25) is 9.80 Å². The minimum atomic E-state index is -0.294. The molecule has 0 aliphatic carbocycles. The van der Waals surface area contributed by atoms with Crippen LogP contribution in [0, 0.1) is 5.92 Å². The number of rotatable bonds is 7. The van der Waals surface area contributed by atoms with Gasteiger partial charge in [-0.15, -0.1) is 0 Å². The summed E-state index contributed by atoms with van der Waals surface area (Å²) in [6.07, 6.45) is 1.95. The zero-order valence-corrected chi connectivity index (χ0v) is 19.7. The third-order valence-electron chi connectivity index (χ3n) is 5.47. The smallest absolute Gasteiger partial charge is 0.113 e. The van der Waals surface area contributed by atoms with Crippen LogP contribution in [-0.4, -0.2) is 82.1 Å². The highest BCUT2D eigenvalue weighted by molar-refractivity contribution is 4.91. The molecule has 0 spiro atoms. The minimum Gasteiger partial charge on any atom is -0.392 e. The van der Waals surface area contributed by atoms with Gasteiger partial charge in [0.05, 0.1) is 25.4 Å². The minimum absolute atomic E-state index is 0.0475. The molecule has 0 aromatic carbocycles. The summed E-state index contributed by atoms with van der Waals surface area (Å²) in [5, 5.41) is 18.9. The second-order valence-electron chi connectivity index (χ2n) is 10.1. The lowest BCUT2D eigenvalue weighted by atomic mass is 10.0. The number of aliphatic hydroxyl groups excluding tert-OH is 2. The maximum absolute atomic E-state index is 9.45. The fourth-order valence-electron chi connectivity index (χ4n) is 3.99. The third kappa shape index (κ3) is 7.22. The second kappa shape index (κ2) is 10.7. The lowest BCUT2D eigenvalue weighted by molar-refractivity contribution is -0.0281. The molecule has 168 valence electrons. The zero-order chi connectivity index (χ0) is 21.7. The Morgan fingerprint density at radius 3 is 1.79 bits per heavy atom. The summed E-state index contributed by atoms with van der Waals surface area (Å²) in [6.45, 7) is 21.7. The fourth-order valence-corrected chi connectivity index (χ4v) is 3.99. The molecule has 6 heteroatoms. The van der Waals surface area contributed by atoms with Gasteiger partial charge in [-0.2, -0.15) is 0 Å². The molecule has 2 heterocycles. The number of aliphatic hydroxyl groups is 2. The summed E-state index contributed by atoms with van der Waals surface area (Å²) < 4.78 is 11.5. The van der Waals surface area contributed by atoms with Gasteiger partial charge in [0, 0.05) is 24.2 Å². The topological polar surface area (TPSA) is 65.4 Å². The second-order valence-corrected chi connectivity index (χ2v) is 10.1. The third-order valence-corrected chi connectivity index (χ3v) is 5.47. The molecule has 2 fully saturated rings. The van der Waals surface area contributed by atoms with Gasteiger partial charge in [-0.05, 0) is 53.9 Å². The molecule has 2 aliphatic heterocycles. The Balaban J connectivity index is 0.000000280. The molecule has 0 aromatic rings. The van der Waals surface area contributed by atoms with E-state index in [1.165, 1.54) is 0 Å². The van der Waals surface area contributed by atoms with Crippen molar-refractivity contribution in [3.05, 3.63) is 0 Å². The molecule has 2 rings (SSSR count). The first-order valence-electron chi connectivity index (χ1n) is 10.9. The Morgan fingerprint density at radius 2 is 1.32 bits per heavy atom. The number of hydrogen-bond donors (Lipinski definition) is 2. The Bertz CT molecular complexity index is 452. The highest BCUT2D eigenvalue weighted by Gasteiger charge is 2.42. The molecule has 0 bridgehead atoms. The van der Waals surface area contributed by atoms with Crippen LogP contribution in [0.3, 0.4) is 0 Å². The molecule has 0 saturated carbocycles. The van der Waals surface area contributed by atoms with E-state index in [-0.39, 0.29) is 35.7 Å². The molecular weight excluding hydrogens is 356 g/mol. The molecule has 0 amide bonds. The molecule has 4 atom stereocenters. The normalized spacial score (nSPS) is 29.6. The number of nitrogens with zero attached hydrogens (tertiary/aromatic N) is 2. The van der Waals surface area contributed by atoms with Gasteiger partial charge in [-0.25, -0.2) is 0 Å². The van der Waals surface area contributed by atoms with Gasteiger partial charge >= 0.3 is 0 Å². The van der Waals surface area contributed by atoms with Gasteiger partial charge in [0.2, 0.25) is 0 Å². The van der Waals surface area contributed by atoms with Crippen molar-refractivity contribution in [2.75, 3.05) is 26.3 Å². The molecule has 2 saturated heterocycles. The number of hydrogen-bond acceptors (Lipinski definition) is 6. The Hall–Kier alpha value is -0.240. The van der Waals surface area contributed by atoms with Gasteiger partial charge < -0.3 is 19.7 Å². The van der Waals surface area contributed by atoms with Crippen LogP contribution in [0.4, 0.5) is 0 Å². The van der Waals surface area contributed by atoms with E-state index in [4.69, 9.17) is 9.47 Å². The summed E-state index contributed by atoms with van der Waals surface area (Å²) in [5.41, 5.74) is 0.114. The standard InChI is InChI=1S/2C11H23NO2/c1-8(2)10-12(6-9(3)13)11(4,5)7-14-10;1-5-6-10-12(7-9(2)13)11(3,4)8-14-10/h8-10,13H,6-7H2,1-5H3;9-10,13H,5-8H2,1-4H3. The van der Waals surface area contributed by atoms with E-state index in [0.29, 0.717) is 19.0 Å². The van der Waals surface area contributed by atoms with Crippen molar-refractivity contribution >= 4 is 0 Å². The Labute approximate surface area is 173 Å². The van der Waals surface area contributed by atoms with Crippen LogP contribution < -0.4 is 0 Å². The largest absolute Gasteiger partial charge is 0.392 e. The molecule has 6 nitrogen and oxygen atoms in total. The van der Waals surface area contributed by atoms with Crippen LogP contribution in [0.1, 0.15) is 75.2 Å². The molecule has 2 aliphatic rings. The molecule has 0 radical (unpaired) electrons. The maximum Gasteiger partial charge on any atom is 0.113 e. The van der Waals surface area contributed by atoms with E-state index >= 15 is 0 Å². The van der Waals surface area contributed by atoms with Crippen molar-refractivity contribution in [1.82, 2.24) is 9.80 Å². The summed E-state index contributed by atoms with van der Waals surface area (Å²) in [5.74, 6) is 0.468. The van der Waals surface area contributed by atoms with Crippen LogP contribution in [-0.2, 0) is 9.47 Å². The number of ether oxygens (including phenoxy) is 2. The maximum atomic E-state index is 9.45. The summed E-state index contributed by atoms with van der Waals surface area (Å²) in [4.78, 5) is 4.55. The van der Waals surface area contributed by atoms with Crippen LogP contribution >= 0.6 is 0 Å². The first-order chi connectivity index (χ1) is 12.8. The zero-order valence-electron chi connectivity index (χ0n) is 19.7. The molecule has 28 heavy (non-hydrogen) atoms. The molecule has 0 aromatic heterocycles. The van der Waals surface area contributed by atoms with Gasteiger partial charge in [0.1, 0.15) is 12.5 Å². The summed E-state index contributed by atoms with van der Waals surface area (Å²) >= 11 is 0. The molecular formula is C22H46N2O4. The van der Waals surface area contributed by atoms with E-state index in [1.807, 2.05) is 13.8 Å².